The lowest BCUT2D eigenvalue weighted by atomic mass is 10.1. The zero-order valence-electron chi connectivity index (χ0n) is 16.1. The molecule has 28 heavy (non-hydrogen) atoms. The van der Waals surface area contributed by atoms with E-state index in [1.807, 2.05) is 6.07 Å². The Morgan fingerprint density at radius 3 is 2.46 bits per heavy atom. The molecule has 1 atom stereocenters. The summed E-state index contributed by atoms with van der Waals surface area (Å²) in [6, 6.07) is 7.97. The molecule has 6 N–H and O–H groups in total. The Morgan fingerprint density at radius 2 is 1.82 bits per heavy atom. The molecule has 0 fully saturated rings. The molecule has 9 nitrogen and oxygen atoms in total. The maximum atomic E-state index is 12.5. The fourth-order valence-electron chi connectivity index (χ4n) is 2.43. The van der Waals surface area contributed by atoms with E-state index in [1.54, 1.807) is 24.3 Å². The van der Waals surface area contributed by atoms with Crippen molar-refractivity contribution in [3.63, 3.8) is 0 Å². The van der Waals surface area contributed by atoms with Crippen molar-refractivity contribution in [3.8, 4) is 0 Å². The van der Waals surface area contributed by atoms with Crippen molar-refractivity contribution in [2.24, 2.45) is 16.5 Å². The summed E-state index contributed by atoms with van der Waals surface area (Å²) in [4.78, 5) is 39.8. The number of nitrogens with zero attached hydrogens (tertiary/aromatic N) is 1. The third-order valence-corrected chi connectivity index (χ3v) is 3.94. The highest BCUT2D eigenvalue weighted by atomic mass is 16.5. The van der Waals surface area contributed by atoms with Crippen LogP contribution in [0.15, 0.2) is 35.3 Å². The highest BCUT2D eigenvalue weighted by molar-refractivity contribution is 5.97. The molecule has 0 aliphatic heterocycles. The minimum Gasteiger partial charge on any atom is -0.469 e. The lowest BCUT2D eigenvalue weighted by Crippen LogP contribution is -2.47. The van der Waals surface area contributed by atoms with E-state index in [2.05, 4.69) is 20.4 Å². The molecule has 1 aromatic rings. The molecule has 1 aromatic carbocycles. The van der Waals surface area contributed by atoms with Crippen molar-refractivity contribution < 1.29 is 19.1 Å². The smallest absolute Gasteiger partial charge is 0.305 e. The molecular weight excluding hydrogens is 362 g/mol. The minimum atomic E-state index is -0.706. The zero-order valence-corrected chi connectivity index (χ0v) is 16.1. The first-order valence-electron chi connectivity index (χ1n) is 9.20. The molecule has 0 spiro atoms. The lowest BCUT2D eigenvalue weighted by molar-refractivity contribution is -0.140. The van der Waals surface area contributed by atoms with Crippen molar-refractivity contribution in [1.82, 2.24) is 10.6 Å². The standard InChI is InChI=1S/C19H29N5O4/c1-28-16(25)11-5-6-12-22-18(27)15(10-7-13-23-19(20)21)24-17(26)14-8-3-2-4-9-14/h2-4,8-9,15H,5-7,10-13H2,1H3,(H,22,27)(H,24,26)(H4,20,21,23)/t15-/m0/s1. The van der Waals surface area contributed by atoms with Crippen molar-refractivity contribution in [2.45, 2.75) is 38.1 Å². The number of carbonyl (C=O) groups excluding carboxylic acids is 3. The summed E-state index contributed by atoms with van der Waals surface area (Å²) in [5, 5.41) is 5.54. The van der Waals surface area contributed by atoms with Crippen LogP contribution in [0.5, 0.6) is 0 Å². The maximum Gasteiger partial charge on any atom is 0.305 e. The molecule has 0 bridgehead atoms. The van der Waals surface area contributed by atoms with Crippen LogP contribution < -0.4 is 22.1 Å². The molecule has 2 amide bonds. The fraction of sp³-hybridized carbons (Fsp3) is 0.474. The van der Waals surface area contributed by atoms with Gasteiger partial charge in [-0.1, -0.05) is 18.2 Å². The number of nitrogens with two attached hydrogens (primary N) is 2. The van der Waals surface area contributed by atoms with E-state index in [4.69, 9.17) is 11.5 Å². The van der Waals surface area contributed by atoms with Gasteiger partial charge in [-0.05, 0) is 37.8 Å². The van der Waals surface area contributed by atoms with Crippen LogP contribution in [0, 0.1) is 0 Å². The Balaban J connectivity index is 2.55. The van der Waals surface area contributed by atoms with Crippen LogP contribution in [0.2, 0.25) is 0 Å². The average molecular weight is 391 g/mol. The molecule has 154 valence electrons. The number of guanidine groups is 1. The Morgan fingerprint density at radius 1 is 1.11 bits per heavy atom. The number of aliphatic imine (C=N–C) groups is 1. The van der Waals surface area contributed by atoms with E-state index >= 15 is 0 Å². The van der Waals surface area contributed by atoms with Crippen LogP contribution in [-0.2, 0) is 14.3 Å². The van der Waals surface area contributed by atoms with E-state index in [0.29, 0.717) is 50.8 Å². The fourth-order valence-corrected chi connectivity index (χ4v) is 2.43. The molecule has 0 saturated heterocycles. The summed E-state index contributed by atoms with van der Waals surface area (Å²) < 4.78 is 4.57. The van der Waals surface area contributed by atoms with Crippen LogP contribution in [0.3, 0.4) is 0 Å². The minimum absolute atomic E-state index is 0.0140. The van der Waals surface area contributed by atoms with Crippen molar-refractivity contribution >= 4 is 23.7 Å². The number of amides is 2. The van der Waals surface area contributed by atoms with Gasteiger partial charge in [-0.15, -0.1) is 0 Å². The zero-order chi connectivity index (χ0) is 20.8. The molecule has 9 heteroatoms. The third-order valence-electron chi connectivity index (χ3n) is 3.94. The second kappa shape index (κ2) is 13.1. The molecule has 0 unspecified atom stereocenters. The second-order valence-electron chi connectivity index (χ2n) is 6.17. The first-order valence-corrected chi connectivity index (χ1v) is 9.20. The lowest BCUT2D eigenvalue weighted by Gasteiger charge is -2.18. The van der Waals surface area contributed by atoms with Crippen LogP contribution in [0.1, 0.15) is 42.5 Å². The monoisotopic (exact) mass is 391 g/mol. The van der Waals surface area contributed by atoms with E-state index in [1.165, 1.54) is 7.11 Å². The SMILES string of the molecule is COC(=O)CCCCNC(=O)[C@H](CCCN=C(N)N)NC(=O)c1ccccc1. The van der Waals surface area contributed by atoms with Crippen molar-refractivity contribution in [3.05, 3.63) is 35.9 Å². The van der Waals surface area contributed by atoms with Crippen LogP contribution in [0.4, 0.5) is 0 Å². The Bertz CT molecular complexity index is 660. The summed E-state index contributed by atoms with van der Waals surface area (Å²) >= 11 is 0. The predicted octanol–water partition coefficient (Wildman–Crippen LogP) is 0.298. The van der Waals surface area contributed by atoms with Gasteiger partial charge >= 0.3 is 5.97 Å². The van der Waals surface area contributed by atoms with Crippen LogP contribution in [-0.4, -0.2) is 50.0 Å². The van der Waals surface area contributed by atoms with Gasteiger partial charge in [0.15, 0.2) is 5.96 Å². The Hall–Kier alpha value is -3.10. The van der Waals surface area contributed by atoms with Gasteiger partial charge in [-0.2, -0.15) is 0 Å². The summed E-state index contributed by atoms with van der Waals surface area (Å²) in [5.74, 6) is -0.903. The molecule has 0 heterocycles. The number of rotatable bonds is 12. The summed E-state index contributed by atoms with van der Waals surface area (Å²) in [5.41, 5.74) is 11.1. The van der Waals surface area contributed by atoms with Gasteiger partial charge in [0.2, 0.25) is 5.91 Å². The van der Waals surface area contributed by atoms with E-state index < -0.39 is 6.04 Å². The normalized spacial score (nSPS) is 11.2. The number of hydrogen-bond donors (Lipinski definition) is 4. The van der Waals surface area contributed by atoms with Crippen molar-refractivity contribution in [1.29, 1.82) is 0 Å². The summed E-state index contributed by atoms with van der Waals surface area (Å²) in [6.45, 7) is 0.772. The number of esters is 1. The largest absolute Gasteiger partial charge is 0.469 e. The van der Waals surface area contributed by atoms with Gasteiger partial charge in [0.25, 0.3) is 5.91 Å². The maximum absolute atomic E-state index is 12.5. The van der Waals surface area contributed by atoms with Gasteiger partial charge < -0.3 is 26.8 Å². The Kier molecular flexibility index (Phi) is 10.8. The summed E-state index contributed by atoms with van der Waals surface area (Å²) in [7, 11) is 1.34. The first kappa shape index (κ1) is 22.9. The number of unbranched alkanes of at least 4 members (excludes halogenated alkanes) is 1. The van der Waals surface area contributed by atoms with Gasteiger partial charge in [-0.25, -0.2) is 0 Å². The van der Waals surface area contributed by atoms with Crippen LogP contribution in [0.25, 0.3) is 0 Å². The molecule has 0 aliphatic rings. The van der Waals surface area contributed by atoms with Crippen LogP contribution >= 0.6 is 0 Å². The number of methoxy groups -OCH3 is 1. The number of nitrogens with one attached hydrogen (secondary N) is 2. The van der Waals surface area contributed by atoms with Gasteiger partial charge in [0.05, 0.1) is 7.11 Å². The number of carbonyl (C=O) groups is 3. The molecule has 0 aliphatic carbocycles. The topological polar surface area (TPSA) is 149 Å². The average Bonchev–Trinajstić information content (AvgIpc) is 2.69. The number of ether oxygens (including phenoxy) is 1. The van der Waals surface area contributed by atoms with E-state index in [9.17, 15) is 14.4 Å². The number of benzene rings is 1. The highest BCUT2D eigenvalue weighted by Crippen LogP contribution is 2.04. The van der Waals surface area contributed by atoms with E-state index in [0.717, 1.165) is 0 Å². The molecular formula is C19H29N5O4. The molecule has 0 saturated carbocycles. The Labute approximate surface area is 164 Å². The van der Waals surface area contributed by atoms with Gasteiger partial charge in [0, 0.05) is 25.1 Å². The predicted molar refractivity (Wildman–Crippen MR) is 106 cm³/mol. The molecule has 0 aromatic heterocycles. The number of hydrogen-bond acceptors (Lipinski definition) is 5. The summed E-state index contributed by atoms with van der Waals surface area (Å²) in [6.07, 6.45) is 2.47. The van der Waals surface area contributed by atoms with Gasteiger partial charge in [-0.3, -0.25) is 19.4 Å². The highest BCUT2D eigenvalue weighted by Gasteiger charge is 2.20. The molecule has 0 radical (unpaired) electrons. The van der Waals surface area contributed by atoms with Gasteiger partial charge in [0.1, 0.15) is 6.04 Å². The quantitative estimate of drug-likeness (QED) is 0.174. The van der Waals surface area contributed by atoms with E-state index in [-0.39, 0.29) is 23.7 Å². The molecule has 1 rings (SSSR count). The third kappa shape index (κ3) is 9.56. The van der Waals surface area contributed by atoms with Crippen molar-refractivity contribution in [2.75, 3.05) is 20.2 Å². The first-order chi connectivity index (χ1) is 13.4. The second-order valence-corrected chi connectivity index (χ2v) is 6.17.